The van der Waals surface area contributed by atoms with Crippen molar-refractivity contribution in [3.05, 3.63) is 29.8 Å². The van der Waals surface area contributed by atoms with E-state index in [9.17, 15) is 4.79 Å². The summed E-state index contributed by atoms with van der Waals surface area (Å²) in [6.45, 7) is 10.8. The summed E-state index contributed by atoms with van der Waals surface area (Å²) < 4.78 is 12.0. The van der Waals surface area contributed by atoms with Gasteiger partial charge in [-0.15, -0.1) is 0 Å². The summed E-state index contributed by atoms with van der Waals surface area (Å²) >= 11 is 0. The fourth-order valence-electron chi connectivity index (χ4n) is 2.47. The van der Waals surface area contributed by atoms with Crippen molar-refractivity contribution in [2.75, 3.05) is 19.7 Å². The van der Waals surface area contributed by atoms with E-state index in [4.69, 9.17) is 14.4 Å². The van der Waals surface area contributed by atoms with Gasteiger partial charge in [-0.3, -0.25) is 4.79 Å². The molecule has 0 spiro atoms. The maximum absolute atomic E-state index is 12.4. The van der Waals surface area contributed by atoms with Crippen LogP contribution >= 0.6 is 0 Å². The molecular formula is C17H26BNO4. The Balaban J connectivity index is 2.13. The molecule has 23 heavy (non-hydrogen) atoms. The number of nitrogens with zero attached hydrogens (tertiary/aromatic N) is 1. The Bertz CT molecular complexity index is 540. The molecular weight excluding hydrogens is 293 g/mol. The van der Waals surface area contributed by atoms with E-state index < -0.39 is 7.12 Å². The number of rotatable bonds is 5. The van der Waals surface area contributed by atoms with Gasteiger partial charge in [0.1, 0.15) is 0 Å². The zero-order chi connectivity index (χ0) is 17.3. The summed E-state index contributed by atoms with van der Waals surface area (Å²) in [5, 5.41) is 9.02. The summed E-state index contributed by atoms with van der Waals surface area (Å²) in [7, 11) is -0.427. The van der Waals surface area contributed by atoms with Crippen LogP contribution in [0.1, 0.15) is 45.0 Å². The third kappa shape index (κ3) is 3.60. The van der Waals surface area contributed by atoms with Crippen molar-refractivity contribution in [1.82, 2.24) is 4.90 Å². The molecule has 0 radical (unpaired) electrons. The predicted molar refractivity (Wildman–Crippen MR) is 90.8 cm³/mol. The largest absolute Gasteiger partial charge is 0.494 e. The van der Waals surface area contributed by atoms with Gasteiger partial charge in [0, 0.05) is 18.7 Å². The Labute approximate surface area is 138 Å². The van der Waals surface area contributed by atoms with Crippen molar-refractivity contribution in [3.63, 3.8) is 0 Å². The lowest BCUT2D eigenvalue weighted by molar-refractivity contribution is 0.00578. The van der Waals surface area contributed by atoms with Crippen LogP contribution in [0.25, 0.3) is 0 Å². The summed E-state index contributed by atoms with van der Waals surface area (Å²) in [5.74, 6) is -0.0815. The number of amides is 1. The maximum atomic E-state index is 12.4. The van der Waals surface area contributed by atoms with Crippen LogP contribution in [0.5, 0.6) is 0 Å². The normalized spacial score (nSPS) is 19.0. The van der Waals surface area contributed by atoms with Crippen molar-refractivity contribution in [2.24, 2.45) is 0 Å². The van der Waals surface area contributed by atoms with Crippen molar-refractivity contribution in [3.8, 4) is 0 Å². The highest BCUT2D eigenvalue weighted by atomic mass is 16.7. The quantitative estimate of drug-likeness (QED) is 0.835. The second kappa shape index (κ2) is 6.63. The van der Waals surface area contributed by atoms with Gasteiger partial charge in [0.15, 0.2) is 0 Å². The third-order valence-electron chi connectivity index (χ3n) is 4.72. The molecule has 0 aromatic heterocycles. The fraction of sp³-hybridized carbons (Fsp3) is 0.588. The SMILES string of the molecule is CCN(CCO)C(=O)c1ccc(B2OC(C)(C)C(C)(C)O2)cc1. The van der Waals surface area contributed by atoms with Gasteiger partial charge in [0.25, 0.3) is 5.91 Å². The van der Waals surface area contributed by atoms with Crippen molar-refractivity contribution < 1.29 is 19.2 Å². The number of benzene rings is 1. The van der Waals surface area contributed by atoms with Crippen LogP contribution in [-0.2, 0) is 9.31 Å². The van der Waals surface area contributed by atoms with Crippen molar-refractivity contribution >= 4 is 18.5 Å². The average Bonchev–Trinajstić information content (AvgIpc) is 2.72. The molecule has 0 unspecified atom stereocenters. The van der Waals surface area contributed by atoms with Crippen LogP contribution in [0.2, 0.25) is 0 Å². The van der Waals surface area contributed by atoms with Crippen molar-refractivity contribution in [2.45, 2.75) is 45.8 Å². The van der Waals surface area contributed by atoms with Crippen LogP contribution in [0.15, 0.2) is 24.3 Å². The van der Waals surface area contributed by atoms with Crippen LogP contribution in [-0.4, -0.2) is 53.9 Å². The summed E-state index contributed by atoms with van der Waals surface area (Å²) in [5.41, 5.74) is 0.726. The minimum Gasteiger partial charge on any atom is -0.399 e. The van der Waals surface area contributed by atoms with E-state index in [0.717, 1.165) is 5.46 Å². The van der Waals surface area contributed by atoms with E-state index in [1.54, 1.807) is 17.0 Å². The number of hydrogen-bond donors (Lipinski definition) is 1. The molecule has 6 heteroatoms. The Kier molecular flexibility index (Phi) is 5.18. The maximum Gasteiger partial charge on any atom is 0.494 e. The third-order valence-corrected chi connectivity index (χ3v) is 4.72. The number of carbonyl (C=O) groups is 1. The first kappa shape index (κ1) is 18.0. The number of aliphatic hydroxyl groups is 1. The zero-order valence-corrected chi connectivity index (χ0v) is 14.6. The average molecular weight is 319 g/mol. The molecule has 5 nitrogen and oxygen atoms in total. The molecule has 1 fully saturated rings. The first-order valence-corrected chi connectivity index (χ1v) is 8.07. The smallest absolute Gasteiger partial charge is 0.399 e. The van der Waals surface area contributed by atoms with Crippen LogP contribution < -0.4 is 5.46 Å². The summed E-state index contributed by atoms with van der Waals surface area (Å²) in [6, 6.07) is 7.29. The summed E-state index contributed by atoms with van der Waals surface area (Å²) in [4.78, 5) is 14.0. The predicted octanol–water partition coefficient (Wildman–Crippen LogP) is 1.44. The topological polar surface area (TPSA) is 59.0 Å². The lowest BCUT2D eigenvalue weighted by Gasteiger charge is -2.32. The molecule has 126 valence electrons. The second-order valence-electron chi connectivity index (χ2n) is 6.82. The Morgan fingerprint density at radius 1 is 1.13 bits per heavy atom. The number of hydrogen-bond acceptors (Lipinski definition) is 4. The minimum atomic E-state index is -0.427. The highest BCUT2D eigenvalue weighted by Gasteiger charge is 2.51. The van der Waals surface area contributed by atoms with Crippen LogP contribution in [0.4, 0.5) is 0 Å². The Morgan fingerprint density at radius 2 is 1.65 bits per heavy atom. The molecule has 1 amide bonds. The molecule has 1 aromatic carbocycles. The van der Waals surface area contributed by atoms with Gasteiger partial charge < -0.3 is 19.3 Å². The molecule has 0 saturated carbocycles. The number of carbonyl (C=O) groups excluding carboxylic acids is 1. The van der Waals surface area contributed by atoms with Gasteiger partial charge >= 0.3 is 7.12 Å². The van der Waals surface area contributed by atoms with Crippen LogP contribution in [0.3, 0.4) is 0 Å². The minimum absolute atomic E-state index is 0.0361. The molecule has 0 aliphatic carbocycles. The lowest BCUT2D eigenvalue weighted by Crippen LogP contribution is -2.41. The Hall–Kier alpha value is -1.37. The summed E-state index contributed by atoms with van der Waals surface area (Å²) in [6.07, 6.45) is 0. The highest BCUT2D eigenvalue weighted by Crippen LogP contribution is 2.36. The standard InChI is InChI=1S/C17H26BNO4/c1-6-19(11-12-20)15(21)13-7-9-14(10-8-13)18-22-16(2,3)17(4,5)23-18/h7-10,20H,6,11-12H2,1-5H3. The van der Waals surface area contributed by atoms with Gasteiger partial charge in [-0.1, -0.05) is 12.1 Å². The highest BCUT2D eigenvalue weighted by molar-refractivity contribution is 6.62. The molecule has 1 heterocycles. The molecule has 1 aliphatic rings. The number of likely N-dealkylation sites (N-methyl/N-ethyl adjacent to an activating group) is 1. The van der Waals surface area contributed by atoms with E-state index in [1.165, 1.54) is 0 Å². The van der Waals surface area contributed by atoms with Gasteiger partial charge in [-0.25, -0.2) is 0 Å². The van der Waals surface area contributed by atoms with Gasteiger partial charge in [-0.2, -0.15) is 0 Å². The van der Waals surface area contributed by atoms with E-state index >= 15 is 0 Å². The molecule has 1 aliphatic heterocycles. The van der Waals surface area contributed by atoms with E-state index in [-0.39, 0.29) is 23.7 Å². The zero-order valence-electron chi connectivity index (χ0n) is 14.6. The lowest BCUT2D eigenvalue weighted by atomic mass is 9.79. The first-order valence-electron chi connectivity index (χ1n) is 8.07. The van der Waals surface area contributed by atoms with Crippen molar-refractivity contribution in [1.29, 1.82) is 0 Å². The van der Waals surface area contributed by atoms with E-state index in [1.807, 2.05) is 46.8 Å². The molecule has 0 atom stereocenters. The second-order valence-corrected chi connectivity index (χ2v) is 6.82. The monoisotopic (exact) mass is 319 g/mol. The first-order chi connectivity index (χ1) is 10.7. The molecule has 0 bridgehead atoms. The number of aliphatic hydroxyl groups excluding tert-OH is 1. The van der Waals surface area contributed by atoms with Gasteiger partial charge in [0.05, 0.1) is 17.8 Å². The fourth-order valence-corrected chi connectivity index (χ4v) is 2.47. The molecule has 1 saturated heterocycles. The van der Waals surface area contributed by atoms with Gasteiger partial charge in [-0.05, 0) is 52.2 Å². The van der Waals surface area contributed by atoms with Crippen LogP contribution in [0, 0.1) is 0 Å². The van der Waals surface area contributed by atoms with Gasteiger partial charge in [0.2, 0.25) is 0 Å². The molecule has 1 aromatic rings. The van der Waals surface area contributed by atoms with E-state index in [2.05, 4.69) is 0 Å². The molecule has 1 N–H and O–H groups in total. The molecule has 2 rings (SSSR count). The Morgan fingerprint density at radius 3 is 2.09 bits per heavy atom. The van der Waals surface area contributed by atoms with E-state index in [0.29, 0.717) is 18.7 Å².